The molecule has 0 N–H and O–H groups in total. The van der Waals surface area contributed by atoms with Gasteiger partial charge in [0, 0.05) is 31.5 Å². The van der Waals surface area contributed by atoms with E-state index in [2.05, 4.69) is 4.98 Å². The molecule has 1 aromatic heterocycles. The molecule has 0 saturated carbocycles. The largest absolute Gasteiger partial charge is 0.382 e. The van der Waals surface area contributed by atoms with Gasteiger partial charge in [0.25, 0.3) is 5.91 Å². The lowest BCUT2D eigenvalue weighted by Gasteiger charge is -2.31. The molecule has 0 aliphatic carbocycles. The molecular weight excluding hydrogens is 422 g/mol. The average Bonchev–Trinajstić information content (AvgIpc) is 3.39. The lowest BCUT2D eigenvalue weighted by atomic mass is 9.97. The Labute approximate surface area is 187 Å². The van der Waals surface area contributed by atoms with Crippen LogP contribution in [0, 0.1) is 0 Å². The van der Waals surface area contributed by atoms with Crippen LogP contribution >= 0.6 is 11.3 Å². The molecule has 2 fully saturated rings. The first kappa shape index (κ1) is 24.1. The number of rotatable bonds is 10. The van der Waals surface area contributed by atoms with E-state index >= 15 is 0 Å². The van der Waals surface area contributed by atoms with E-state index in [0.717, 1.165) is 17.8 Å². The number of ether oxygens (including phenoxy) is 4. The van der Waals surface area contributed by atoms with Gasteiger partial charge in [0.2, 0.25) is 5.91 Å². The van der Waals surface area contributed by atoms with Crippen LogP contribution in [-0.2, 0) is 23.7 Å². The minimum absolute atomic E-state index is 0.00149. The maximum atomic E-state index is 12.8. The highest BCUT2D eigenvalue weighted by molar-refractivity contribution is 7.09. The second-order valence-corrected chi connectivity index (χ2v) is 9.30. The normalized spacial score (nSPS) is 19.2. The number of carbonyl (C=O) groups excluding carboxylic acids is 2. The van der Waals surface area contributed by atoms with Crippen LogP contribution in [0.2, 0.25) is 0 Å². The molecule has 9 nitrogen and oxygen atoms in total. The fourth-order valence-electron chi connectivity index (χ4n) is 3.67. The average molecular weight is 456 g/mol. The molecule has 174 valence electrons. The molecule has 31 heavy (non-hydrogen) atoms. The summed E-state index contributed by atoms with van der Waals surface area (Å²) in [5.41, 5.74) is 0.170. The molecule has 2 amide bonds. The predicted octanol–water partition coefficient (Wildman–Crippen LogP) is 1.74. The molecule has 1 aromatic rings. The van der Waals surface area contributed by atoms with Crippen LogP contribution in [-0.4, -0.2) is 98.7 Å². The van der Waals surface area contributed by atoms with Crippen molar-refractivity contribution in [2.45, 2.75) is 38.1 Å². The van der Waals surface area contributed by atoms with Crippen molar-refractivity contribution in [2.24, 2.45) is 0 Å². The number of hydrogen-bond donors (Lipinski definition) is 0. The molecule has 2 saturated heterocycles. The summed E-state index contributed by atoms with van der Waals surface area (Å²) in [6.07, 6.45) is 1.68. The maximum absolute atomic E-state index is 12.8. The summed E-state index contributed by atoms with van der Waals surface area (Å²) in [5, 5.41) is 2.81. The number of thiazole rings is 1. The topological polar surface area (TPSA) is 90.4 Å². The van der Waals surface area contributed by atoms with E-state index in [0.29, 0.717) is 58.5 Å². The summed E-state index contributed by atoms with van der Waals surface area (Å²) < 4.78 is 21.1. The highest BCUT2D eigenvalue weighted by Gasteiger charge is 2.38. The van der Waals surface area contributed by atoms with E-state index in [-0.39, 0.29) is 29.9 Å². The maximum Gasteiger partial charge on any atom is 0.275 e. The third kappa shape index (κ3) is 6.45. The molecule has 0 atom stereocenters. The number of carbonyl (C=O) groups is 2. The van der Waals surface area contributed by atoms with Crippen molar-refractivity contribution in [3.63, 3.8) is 0 Å². The van der Waals surface area contributed by atoms with Gasteiger partial charge in [0.05, 0.1) is 43.6 Å². The Balaban J connectivity index is 1.40. The zero-order valence-corrected chi connectivity index (χ0v) is 19.4. The van der Waals surface area contributed by atoms with E-state index in [9.17, 15) is 9.59 Å². The summed E-state index contributed by atoms with van der Waals surface area (Å²) in [4.78, 5) is 33.3. The summed E-state index contributed by atoms with van der Waals surface area (Å²) in [5.74, 6) is 0.191. The Bertz CT molecular complexity index is 732. The Morgan fingerprint density at radius 2 is 1.90 bits per heavy atom. The van der Waals surface area contributed by atoms with Crippen LogP contribution in [0.1, 0.15) is 48.1 Å². The molecule has 3 heterocycles. The number of aromatic nitrogens is 1. The number of nitrogens with zero attached hydrogens (tertiary/aromatic N) is 3. The molecule has 0 spiro atoms. The monoisotopic (exact) mass is 455 g/mol. The quantitative estimate of drug-likeness (QED) is 0.496. The van der Waals surface area contributed by atoms with Crippen molar-refractivity contribution in [3.8, 4) is 0 Å². The number of piperidine rings is 1. The second-order valence-electron chi connectivity index (χ2n) is 8.41. The summed E-state index contributed by atoms with van der Waals surface area (Å²) in [7, 11) is 1.62. The Morgan fingerprint density at radius 3 is 2.58 bits per heavy atom. The smallest absolute Gasteiger partial charge is 0.275 e. The van der Waals surface area contributed by atoms with Crippen molar-refractivity contribution in [1.29, 1.82) is 0 Å². The second kappa shape index (κ2) is 11.3. The van der Waals surface area contributed by atoms with E-state index < -0.39 is 0 Å². The molecule has 0 radical (unpaired) electrons. The summed E-state index contributed by atoms with van der Waals surface area (Å²) >= 11 is 1.53. The van der Waals surface area contributed by atoms with Gasteiger partial charge in [0.1, 0.15) is 19.0 Å². The molecule has 0 aromatic carbocycles. The van der Waals surface area contributed by atoms with Crippen LogP contribution in [0.4, 0.5) is 0 Å². The fourth-order valence-corrected chi connectivity index (χ4v) is 4.64. The van der Waals surface area contributed by atoms with E-state index in [1.165, 1.54) is 11.3 Å². The van der Waals surface area contributed by atoms with Gasteiger partial charge in [-0.05, 0) is 26.7 Å². The fraction of sp³-hybridized carbons (Fsp3) is 0.762. The van der Waals surface area contributed by atoms with Gasteiger partial charge < -0.3 is 28.7 Å². The molecule has 2 aliphatic heterocycles. The van der Waals surface area contributed by atoms with E-state index in [1.807, 2.05) is 24.1 Å². The standard InChI is InChI=1S/C21H33N3O6S/c1-21(2)14-30-15-24(21)20(26)17-13-31-19(22-17)16-4-6-23(7-5-16)18(25)12-29-11-10-28-9-8-27-3/h13,16H,4-12,14-15H2,1-3H3. The van der Waals surface area contributed by atoms with E-state index in [1.54, 1.807) is 12.0 Å². The van der Waals surface area contributed by atoms with Crippen LogP contribution in [0.5, 0.6) is 0 Å². The van der Waals surface area contributed by atoms with Crippen LogP contribution < -0.4 is 0 Å². The highest BCUT2D eigenvalue weighted by Crippen LogP contribution is 2.31. The Morgan fingerprint density at radius 1 is 1.19 bits per heavy atom. The number of amides is 2. The zero-order chi connectivity index (χ0) is 22.3. The third-order valence-corrected chi connectivity index (χ3v) is 6.63. The molecule has 0 unspecified atom stereocenters. The number of methoxy groups -OCH3 is 1. The van der Waals surface area contributed by atoms with Gasteiger partial charge in [-0.25, -0.2) is 4.98 Å². The molecule has 3 rings (SSSR count). The molecule has 10 heteroatoms. The van der Waals surface area contributed by atoms with Crippen molar-refractivity contribution in [3.05, 3.63) is 16.1 Å². The van der Waals surface area contributed by atoms with Gasteiger partial charge in [-0.3, -0.25) is 9.59 Å². The van der Waals surface area contributed by atoms with Gasteiger partial charge in [-0.15, -0.1) is 11.3 Å². The Hall–Kier alpha value is -1.59. The van der Waals surface area contributed by atoms with Gasteiger partial charge in [-0.1, -0.05) is 0 Å². The SMILES string of the molecule is COCCOCCOCC(=O)N1CCC(c2nc(C(=O)N3COCC3(C)C)cs2)CC1. The van der Waals surface area contributed by atoms with Crippen molar-refractivity contribution in [1.82, 2.24) is 14.8 Å². The summed E-state index contributed by atoms with van der Waals surface area (Å²) in [6.45, 7) is 8.16. The first-order valence-electron chi connectivity index (χ1n) is 10.7. The van der Waals surface area contributed by atoms with Crippen molar-refractivity contribution < 1.29 is 28.5 Å². The van der Waals surface area contributed by atoms with Crippen molar-refractivity contribution >= 4 is 23.2 Å². The summed E-state index contributed by atoms with van der Waals surface area (Å²) in [6, 6.07) is 0. The first-order valence-corrected chi connectivity index (χ1v) is 11.6. The third-order valence-electron chi connectivity index (χ3n) is 5.62. The number of hydrogen-bond acceptors (Lipinski definition) is 8. The van der Waals surface area contributed by atoms with Crippen LogP contribution in [0.25, 0.3) is 0 Å². The molecular formula is C21H33N3O6S. The van der Waals surface area contributed by atoms with Gasteiger partial charge in [-0.2, -0.15) is 0 Å². The lowest BCUT2D eigenvalue weighted by Crippen LogP contribution is -2.44. The number of likely N-dealkylation sites (tertiary alicyclic amines) is 1. The van der Waals surface area contributed by atoms with Crippen LogP contribution in [0.15, 0.2) is 5.38 Å². The van der Waals surface area contributed by atoms with Crippen LogP contribution in [0.3, 0.4) is 0 Å². The highest BCUT2D eigenvalue weighted by atomic mass is 32.1. The van der Waals surface area contributed by atoms with Crippen molar-refractivity contribution in [2.75, 3.05) is 66.6 Å². The molecule has 2 aliphatic rings. The Kier molecular flexibility index (Phi) is 8.79. The minimum atomic E-state index is -0.315. The first-order chi connectivity index (χ1) is 14.9. The van der Waals surface area contributed by atoms with E-state index in [4.69, 9.17) is 18.9 Å². The lowest BCUT2D eigenvalue weighted by molar-refractivity contribution is -0.137. The predicted molar refractivity (Wildman–Crippen MR) is 115 cm³/mol. The van der Waals surface area contributed by atoms with Gasteiger partial charge >= 0.3 is 0 Å². The van der Waals surface area contributed by atoms with Gasteiger partial charge in [0.15, 0.2) is 0 Å². The minimum Gasteiger partial charge on any atom is -0.382 e. The zero-order valence-electron chi connectivity index (χ0n) is 18.6. The molecule has 0 bridgehead atoms.